The normalized spacial score (nSPS) is 16.3. The maximum absolute atomic E-state index is 13.6. The molecule has 1 amide bonds. The lowest BCUT2D eigenvalue weighted by atomic mass is 9.92. The molecule has 0 N–H and O–H groups in total. The molecule has 4 rings (SSSR count). The lowest BCUT2D eigenvalue weighted by Crippen LogP contribution is -2.24. The van der Waals surface area contributed by atoms with Crippen molar-refractivity contribution in [1.29, 1.82) is 0 Å². The van der Waals surface area contributed by atoms with Crippen molar-refractivity contribution in [3.63, 3.8) is 0 Å². The van der Waals surface area contributed by atoms with Gasteiger partial charge in [-0.05, 0) is 70.6 Å². The Morgan fingerprint density at radius 1 is 0.810 bits per heavy atom. The fourth-order valence-electron chi connectivity index (χ4n) is 4.64. The van der Waals surface area contributed by atoms with Crippen molar-refractivity contribution in [2.75, 3.05) is 13.7 Å². The van der Waals surface area contributed by atoms with Crippen LogP contribution in [0.1, 0.15) is 59.3 Å². The maximum atomic E-state index is 13.6. The molecular formula is C29H24F9NO3. The summed E-state index contributed by atoms with van der Waals surface area (Å²) < 4.78 is 132. The van der Waals surface area contributed by atoms with E-state index < -0.39 is 66.1 Å². The summed E-state index contributed by atoms with van der Waals surface area (Å²) in [5.41, 5.74) is -3.15. The summed E-state index contributed by atoms with van der Waals surface area (Å²) in [6.07, 6.45) is -17.6. The van der Waals surface area contributed by atoms with E-state index in [9.17, 15) is 44.3 Å². The van der Waals surface area contributed by atoms with Gasteiger partial charge in [0.2, 0.25) is 0 Å². The second kappa shape index (κ2) is 11.1. The van der Waals surface area contributed by atoms with E-state index in [0.29, 0.717) is 23.4 Å². The molecular weight excluding hydrogens is 581 g/mol. The highest BCUT2D eigenvalue weighted by atomic mass is 19.4. The summed E-state index contributed by atoms with van der Waals surface area (Å²) in [5.74, 6) is 0.391. The van der Waals surface area contributed by atoms with Crippen LogP contribution in [0.4, 0.5) is 44.3 Å². The first kappa shape index (κ1) is 31.0. The van der Waals surface area contributed by atoms with Gasteiger partial charge >= 0.3 is 24.6 Å². The number of halogens is 9. The molecule has 0 aliphatic carbocycles. The minimum absolute atomic E-state index is 0.0154. The highest BCUT2D eigenvalue weighted by Crippen LogP contribution is 2.41. The Morgan fingerprint density at radius 3 is 1.93 bits per heavy atom. The second-order valence-electron chi connectivity index (χ2n) is 10.1. The molecule has 3 aromatic carbocycles. The zero-order valence-electron chi connectivity index (χ0n) is 22.3. The zero-order chi connectivity index (χ0) is 31.2. The summed E-state index contributed by atoms with van der Waals surface area (Å²) in [5, 5.41) is 0. The van der Waals surface area contributed by atoms with E-state index in [4.69, 9.17) is 9.47 Å². The van der Waals surface area contributed by atoms with Gasteiger partial charge in [-0.25, -0.2) is 4.79 Å². The van der Waals surface area contributed by atoms with Crippen LogP contribution in [-0.4, -0.2) is 24.6 Å². The van der Waals surface area contributed by atoms with Gasteiger partial charge in [0, 0.05) is 12.1 Å². The first-order valence-electron chi connectivity index (χ1n) is 12.5. The van der Waals surface area contributed by atoms with Gasteiger partial charge < -0.3 is 9.47 Å². The Kier molecular flexibility index (Phi) is 8.18. The van der Waals surface area contributed by atoms with Crippen molar-refractivity contribution >= 4 is 6.09 Å². The largest absolute Gasteiger partial charge is 0.496 e. The molecule has 4 nitrogen and oxygen atoms in total. The standard InChI is InChI=1S/C29H24F9NO3/c1-15(2)16-4-7-24(41-3)23(11-16)22-6-5-19(27(30,31)32)10-18(22)13-39-14-25(42-26(39)40)17-8-20(28(33,34)35)12-21(9-17)29(36,37)38/h4-12,15,25H,13-14H2,1-3H3. The topological polar surface area (TPSA) is 38.8 Å². The number of benzene rings is 3. The van der Waals surface area contributed by atoms with Crippen molar-refractivity contribution in [2.24, 2.45) is 0 Å². The van der Waals surface area contributed by atoms with Crippen molar-refractivity contribution in [3.8, 4) is 16.9 Å². The monoisotopic (exact) mass is 605 g/mol. The average molecular weight is 605 g/mol. The van der Waals surface area contributed by atoms with Crippen LogP contribution in [-0.2, 0) is 29.8 Å². The molecule has 0 bridgehead atoms. The quantitative estimate of drug-likeness (QED) is 0.263. The summed E-state index contributed by atoms with van der Waals surface area (Å²) in [6, 6.07) is 8.97. The van der Waals surface area contributed by atoms with E-state index in [-0.39, 0.29) is 23.1 Å². The van der Waals surface area contributed by atoms with Crippen LogP contribution in [0.2, 0.25) is 0 Å². The molecule has 0 spiro atoms. The number of amides is 1. The van der Waals surface area contributed by atoms with Crippen LogP contribution in [0.5, 0.6) is 5.75 Å². The number of hydrogen-bond acceptors (Lipinski definition) is 3. The first-order chi connectivity index (χ1) is 19.4. The molecule has 226 valence electrons. The third kappa shape index (κ3) is 6.60. The number of hydrogen-bond donors (Lipinski definition) is 0. The smallest absolute Gasteiger partial charge is 0.416 e. The van der Waals surface area contributed by atoms with Gasteiger partial charge in [-0.3, -0.25) is 4.90 Å². The van der Waals surface area contributed by atoms with Crippen molar-refractivity contribution in [2.45, 2.75) is 50.9 Å². The zero-order valence-corrected chi connectivity index (χ0v) is 22.3. The van der Waals surface area contributed by atoms with E-state index in [1.165, 1.54) is 13.2 Å². The van der Waals surface area contributed by atoms with Gasteiger partial charge in [-0.2, -0.15) is 39.5 Å². The molecule has 1 saturated heterocycles. The first-order valence-corrected chi connectivity index (χ1v) is 12.5. The molecule has 1 aliphatic rings. The number of rotatable bonds is 6. The number of nitrogens with zero attached hydrogens (tertiary/aromatic N) is 1. The van der Waals surface area contributed by atoms with E-state index in [1.807, 2.05) is 13.8 Å². The maximum Gasteiger partial charge on any atom is 0.416 e. The molecule has 1 atom stereocenters. The molecule has 1 unspecified atom stereocenters. The Bertz CT molecular complexity index is 1440. The number of carbonyl (C=O) groups excluding carboxylic acids is 1. The Balaban J connectivity index is 1.75. The average Bonchev–Trinajstić information content (AvgIpc) is 3.26. The van der Waals surface area contributed by atoms with Crippen LogP contribution >= 0.6 is 0 Å². The number of cyclic esters (lactones) is 1. The van der Waals surface area contributed by atoms with Gasteiger partial charge in [0.05, 0.1) is 30.3 Å². The highest BCUT2D eigenvalue weighted by Gasteiger charge is 2.40. The van der Waals surface area contributed by atoms with E-state index in [2.05, 4.69) is 0 Å². The fraction of sp³-hybridized carbons (Fsp3) is 0.345. The molecule has 3 aromatic rings. The lowest BCUT2D eigenvalue weighted by Gasteiger charge is -2.20. The predicted molar refractivity (Wildman–Crippen MR) is 134 cm³/mol. The van der Waals surface area contributed by atoms with Crippen LogP contribution in [0.3, 0.4) is 0 Å². The third-order valence-corrected chi connectivity index (χ3v) is 6.84. The lowest BCUT2D eigenvalue weighted by molar-refractivity contribution is -0.143. The molecule has 1 aliphatic heterocycles. The molecule has 0 radical (unpaired) electrons. The van der Waals surface area contributed by atoms with E-state index in [1.54, 1.807) is 18.2 Å². The SMILES string of the molecule is COc1ccc(C(C)C)cc1-c1ccc(C(F)(F)F)cc1CN1CC(c2cc(C(F)(F)F)cc(C(F)(F)F)c2)OC1=O. The number of methoxy groups -OCH3 is 1. The molecule has 0 saturated carbocycles. The number of alkyl halides is 9. The van der Waals surface area contributed by atoms with Gasteiger partial charge in [0.15, 0.2) is 0 Å². The van der Waals surface area contributed by atoms with Crippen LogP contribution in [0.15, 0.2) is 54.6 Å². The van der Waals surface area contributed by atoms with Gasteiger partial charge in [-0.1, -0.05) is 26.0 Å². The second-order valence-corrected chi connectivity index (χ2v) is 10.1. The molecule has 1 heterocycles. The molecule has 13 heteroatoms. The van der Waals surface area contributed by atoms with Crippen molar-refractivity contribution < 1.29 is 53.8 Å². The summed E-state index contributed by atoms with van der Waals surface area (Å²) in [6.45, 7) is 2.85. The van der Waals surface area contributed by atoms with E-state index in [0.717, 1.165) is 22.6 Å². The summed E-state index contributed by atoms with van der Waals surface area (Å²) >= 11 is 0. The van der Waals surface area contributed by atoms with Crippen LogP contribution < -0.4 is 4.74 Å². The van der Waals surface area contributed by atoms with E-state index >= 15 is 0 Å². The number of ether oxygens (including phenoxy) is 2. The van der Waals surface area contributed by atoms with Crippen molar-refractivity contribution in [3.05, 3.63) is 88.0 Å². The molecule has 1 fully saturated rings. The van der Waals surface area contributed by atoms with Crippen molar-refractivity contribution in [1.82, 2.24) is 4.90 Å². The van der Waals surface area contributed by atoms with Gasteiger partial charge in [0.1, 0.15) is 11.9 Å². The van der Waals surface area contributed by atoms with Crippen LogP contribution in [0, 0.1) is 0 Å². The summed E-state index contributed by atoms with van der Waals surface area (Å²) in [4.78, 5) is 13.7. The van der Waals surface area contributed by atoms with Gasteiger partial charge in [-0.15, -0.1) is 0 Å². The predicted octanol–water partition coefficient (Wildman–Crippen LogP) is 9.24. The Labute approximate surface area is 234 Å². The Morgan fingerprint density at radius 2 is 1.40 bits per heavy atom. The minimum Gasteiger partial charge on any atom is -0.496 e. The van der Waals surface area contributed by atoms with Gasteiger partial charge in [0.25, 0.3) is 0 Å². The minimum atomic E-state index is -5.12. The summed E-state index contributed by atoms with van der Waals surface area (Å²) in [7, 11) is 1.38. The molecule has 42 heavy (non-hydrogen) atoms. The molecule has 0 aromatic heterocycles. The number of carbonyl (C=O) groups is 1. The Hall–Kier alpha value is -3.90. The highest BCUT2D eigenvalue weighted by molar-refractivity contribution is 5.76. The fourth-order valence-corrected chi connectivity index (χ4v) is 4.64. The van der Waals surface area contributed by atoms with Crippen LogP contribution in [0.25, 0.3) is 11.1 Å². The third-order valence-electron chi connectivity index (χ3n) is 6.84.